The Bertz CT molecular complexity index is 1080. The van der Waals surface area contributed by atoms with Gasteiger partial charge in [0.05, 0.1) is 11.3 Å². The molecule has 0 radical (unpaired) electrons. The molecule has 0 aliphatic carbocycles. The number of aliphatic carboxylic acids is 1. The van der Waals surface area contributed by atoms with E-state index >= 15 is 0 Å². The number of anilines is 1. The van der Waals surface area contributed by atoms with Crippen LogP contribution in [0.15, 0.2) is 9.70 Å². The monoisotopic (exact) mass is 460 g/mol. The van der Waals surface area contributed by atoms with E-state index in [4.69, 9.17) is 17.3 Å². The van der Waals surface area contributed by atoms with Gasteiger partial charge in [-0.1, -0.05) is 30.9 Å². The Morgan fingerprint density at radius 1 is 1.35 bits per heavy atom. The van der Waals surface area contributed by atoms with Gasteiger partial charge in [0, 0.05) is 32.2 Å². The Labute approximate surface area is 190 Å². The van der Waals surface area contributed by atoms with E-state index in [1.54, 1.807) is 20.0 Å². The van der Waals surface area contributed by atoms with Crippen molar-refractivity contribution in [1.82, 2.24) is 9.47 Å². The van der Waals surface area contributed by atoms with Crippen molar-refractivity contribution in [2.75, 3.05) is 24.5 Å². The third-order valence-corrected chi connectivity index (χ3v) is 7.13. The largest absolute Gasteiger partial charge is 0.481 e. The second kappa shape index (κ2) is 9.24. The number of carboxylic acids is 1. The number of pyridine rings is 1. The Morgan fingerprint density at radius 2 is 2.00 bits per heavy atom. The van der Waals surface area contributed by atoms with Crippen LogP contribution in [0.5, 0.6) is 0 Å². The summed E-state index contributed by atoms with van der Waals surface area (Å²) in [7, 11) is 1.64. The lowest BCUT2D eigenvalue weighted by Crippen LogP contribution is -2.38. The Morgan fingerprint density at radius 3 is 2.58 bits per heavy atom. The van der Waals surface area contributed by atoms with Gasteiger partial charge in [0.15, 0.2) is 0 Å². The molecule has 0 bridgehead atoms. The minimum absolute atomic E-state index is 0.00388. The topological polar surface area (TPSA) is 107 Å². The SMILES string of the molecule is Cc1c(C=C2SC(=S)N(CCC(=O)O)C2=O)c(N2CCC(C)CC2)n(C)c(=O)c1C#N. The number of thiocarbonyl (C=S) groups is 1. The standard InChI is InChI=1S/C21H24N4O4S2/c1-12-4-7-24(8-5-12)18-14(13(2)15(11-22)19(28)23(18)3)10-16-20(29)25(21(30)31-16)9-6-17(26)27/h10,12H,4-9H2,1-3H3,(H,26,27). The zero-order chi connectivity index (χ0) is 22.9. The van der Waals surface area contributed by atoms with Crippen LogP contribution >= 0.6 is 24.0 Å². The average Bonchev–Trinajstić information content (AvgIpc) is 2.99. The molecule has 0 atom stereocenters. The van der Waals surface area contributed by atoms with Gasteiger partial charge in [-0.3, -0.25) is 23.9 Å². The number of nitrogens with zero attached hydrogens (tertiary/aromatic N) is 4. The first-order chi connectivity index (χ1) is 14.6. The zero-order valence-corrected chi connectivity index (χ0v) is 19.3. The summed E-state index contributed by atoms with van der Waals surface area (Å²) in [5.74, 6) is -0.0840. The second-order valence-electron chi connectivity index (χ2n) is 7.86. The molecule has 3 rings (SSSR count). The summed E-state index contributed by atoms with van der Waals surface area (Å²) in [5, 5.41) is 18.5. The number of nitriles is 1. The first-order valence-corrected chi connectivity index (χ1v) is 11.2. The summed E-state index contributed by atoms with van der Waals surface area (Å²) in [6.45, 7) is 5.47. The number of hydrogen-bond donors (Lipinski definition) is 1. The first-order valence-electron chi connectivity index (χ1n) is 10.0. The smallest absolute Gasteiger partial charge is 0.305 e. The number of amides is 1. The highest BCUT2D eigenvalue weighted by Gasteiger charge is 2.33. The normalized spacial score (nSPS) is 18.7. The molecule has 1 aromatic rings. The van der Waals surface area contributed by atoms with E-state index < -0.39 is 5.97 Å². The van der Waals surface area contributed by atoms with E-state index in [0.29, 0.717) is 32.1 Å². The first kappa shape index (κ1) is 23.0. The Hall–Kier alpha value is -2.64. The van der Waals surface area contributed by atoms with Crippen LogP contribution in [0.3, 0.4) is 0 Å². The van der Waals surface area contributed by atoms with Crippen molar-refractivity contribution in [3.63, 3.8) is 0 Å². The fourth-order valence-electron chi connectivity index (χ4n) is 3.85. The zero-order valence-electron chi connectivity index (χ0n) is 17.7. The van der Waals surface area contributed by atoms with E-state index in [0.717, 1.165) is 37.7 Å². The molecule has 0 spiro atoms. The highest BCUT2D eigenvalue weighted by molar-refractivity contribution is 8.26. The molecule has 10 heteroatoms. The molecule has 31 heavy (non-hydrogen) atoms. The van der Waals surface area contributed by atoms with Gasteiger partial charge in [-0.05, 0) is 37.3 Å². The van der Waals surface area contributed by atoms with E-state index in [1.807, 2.05) is 6.07 Å². The van der Waals surface area contributed by atoms with E-state index in [9.17, 15) is 19.6 Å². The second-order valence-corrected chi connectivity index (χ2v) is 9.54. The maximum atomic E-state index is 12.9. The van der Waals surface area contributed by atoms with Gasteiger partial charge in [-0.2, -0.15) is 5.26 Å². The maximum absolute atomic E-state index is 12.9. The van der Waals surface area contributed by atoms with Gasteiger partial charge in [0.25, 0.3) is 11.5 Å². The number of thioether (sulfide) groups is 1. The molecule has 2 fully saturated rings. The number of carbonyl (C=O) groups excluding carboxylic acids is 1. The molecule has 3 heterocycles. The minimum atomic E-state index is -1.01. The molecule has 164 valence electrons. The molecular weight excluding hydrogens is 436 g/mol. The number of hydrogen-bond acceptors (Lipinski definition) is 7. The highest BCUT2D eigenvalue weighted by Crippen LogP contribution is 2.36. The fourth-order valence-corrected chi connectivity index (χ4v) is 5.14. The van der Waals surface area contributed by atoms with Crippen LogP contribution in [-0.4, -0.2) is 50.4 Å². The van der Waals surface area contributed by atoms with Gasteiger partial charge in [0.2, 0.25) is 0 Å². The summed E-state index contributed by atoms with van der Waals surface area (Å²) in [4.78, 5) is 40.3. The van der Waals surface area contributed by atoms with Crippen LogP contribution in [0.25, 0.3) is 6.08 Å². The number of rotatable bonds is 5. The molecule has 1 amide bonds. The van der Waals surface area contributed by atoms with E-state index in [1.165, 1.54) is 9.47 Å². The van der Waals surface area contributed by atoms with Gasteiger partial charge in [0.1, 0.15) is 21.8 Å². The predicted octanol–water partition coefficient (Wildman–Crippen LogP) is 2.48. The average molecular weight is 461 g/mol. The van der Waals surface area contributed by atoms with Gasteiger partial charge in [-0.15, -0.1) is 0 Å². The summed E-state index contributed by atoms with van der Waals surface area (Å²) in [6, 6.07) is 1.99. The molecule has 0 unspecified atom stereocenters. The lowest BCUT2D eigenvalue weighted by Gasteiger charge is -2.34. The van der Waals surface area contributed by atoms with Crippen molar-refractivity contribution in [2.45, 2.75) is 33.1 Å². The van der Waals surface area contributed by atoms with Crippen LogP contribution in [-0.2, 0) is 16.6 Å². The van der Waals surface area contributed by atoms with Crippen LogP contribution < -0.4 is 10.5 Å². The summed E-state index contributed by atoms with van der Waals surface area (Å²) < 4.78 is 1.78. The van der Waals surface area contributed by atoms with Crippen LogP contribution in [0, 0.1) is 24.2 Å². The number of aromatic nitrogens is 1. The molecule has 2 saturated heterocycles. The van der Waals surface area contributed by atoms with Crippen molar-refractivity contribution in [3.8, 4) is 6.07 Å². The van der Waals surface area contributed by atoms with Gasteiger partial charge in [-0.25, -0.2) is 0 Å². The predicted molar refractivity (Wildman–Crippen MR) is 124 cm³/mol. The van der Waals surface area contributed by atoms with Gasteiger partial charge >= 0.3 is 5.97 Å². The Kier molecular flexibility index (Phi) is 6.86. The summed E-state index contributed by atoms with van der Waals surface area (Å²) >= 11 is 6.38. The van der Waals surface area contributed by atoms with Crippen molar-refractivity contribution in [2.24, 2.45) is 13.0 Å². The third kappa shape index (κ3) is 4.52. The van der Waals surface area contributed by atoms with Crippen LogP contribution in [0.2, 0.25) is 0 Å². The lowest BCUT2D eigenvalue weighted by molar-refractivity contribution is -0.137. The quantitative estimate of drug-likeness (QED) is 0.528. The molecule has 2 aliphatic rings. The molecule has 1 aromatic heterocycles. The molecule has 2 aliphatic heterocycles. The summed E-state index contributed by atoms with van der Waals surface area (Å²) in [6.07, 6.45) is 3.46. The molecule has 0 saturated carbocycles. The van der Waals surface area contributed by atoms with E-state index in [-0.39, 0.29) is 30.0 Å². The lowest BCUT2D eigenvalue weighted by atomic mass is 9.97. The van der Waals surface area contributed by atoms with Crippen molar-refractivity contribution < 1.29 is 14.7 Å². The molecule has 1 N–H and O–H groups in total. The minimum Gasteiger partial charge on any atom is -0.481 e. The van der Waals surface area contributed by atoms with Crippen LogP contribution in [0.4, 0.5) is 5.82 Å². The van der Waals surface area contributed by atoms with Crippen molar-refractivity contribution in [3.05, 3.63) is 31.9 Å². The van der Waals surface area contributed by atoms with Crippen molar-refractivity contribution in [1.29, 1.82) is 5.26 Å². The van der Waals surface area contributed by atoms with Crippen LogP contribution in [0.1, 0.15) is 42.9 Å². The third-order valence-electron chi connectivity index (χ3n) is 5.75. The van der Waals surface area contributed by atoms with Crippen molar-refractivity contribution >= 4 is 52.1 Å². The molecule has 8 nitrogen and oxygen atoms in total. The van der Waals surface area contributed by atoms with E-state index in [2.05, 4.69) is 11.8 Å². The fraction of sp³-hybridized carbons (Fsp3) is 0.476. The molecule has 0 aromatic carbocycles. The van der Waals surface area contributed by atoms with Gasteiger partial charge < -0.3 is 10.0 Å². The number of carbonyl (C=O) groups is 2. The maximum Gasteiger partial charge on any atom is 0.305 e. The highest BCUT2D eigenvalue weighted by atomic mass is 32.2. The number of piperidine rings is 1. The molecular formula is C21H24N4O4S2. The Balaban J connectivity index is 2.10. The number of carboxylic acid groups (broad SMARTS) is 1. The summed E-state index contributed by atoms with van der Waals surface area (Å²) in [5.41, 5.74) is 0.853.